The molecule has 0 bridgehead atoms. The Morgan fingerprint density at radius 3 is 2.22 bits per heavy atom. The van der Waals surface area contributed by atoms with Crippen molar-refractivity contribution in [2.24, 2.45) is 0 Å². The quantitative estimate of drug-likeness (QED) is 0.236. The van der Waals surface area contributed by atoms with E-state index in [4.69, 9.17) is 14.2 Å². The number of sulfone groups is 1. The van der Waals surface area contributed by atoms with E-state index in [1.165, 1.54) is 14.2 Å². The number of carbonyl (C=O) groups excluding carboxylic acids is 2. The fraction of sp³-hybridized carbons (Fsp3) is 0.516. The summed E-state index contributed by atoms with van der Waals surface area (Å²) < 4.78 is 41.6. The molecular weight excluding hydrogens is 622 g/mol. The van der Waals surface area contributed by atoms with Gasteiger partial charge in [-0.25, -0.2) is 18.0 Å². The van der Waals surface area contributed by atoms with Gasteiger partial charge >= 0.3 is 12.1 Å². The maximum Gasteiger partial charge on any atom is 0.410 e. The van der Waals surface area contributed by atoms with E-state index in [1.807, 2.05) is 0 Å². The smallest absolute Gasteiger partial charge is 0.410 e. The first-order valence-electron chi connectivity index (χ1n) is 14.7. The van der Waals surface area contributed by atoms with Gasteiger partial charge in [0, 0.05) is 24.3 Å². The van der Waals surface area contributed by atoms with Crippen molar-refractivity contribution < 1.29 is 47.0 Å². The van der Waals surface area contributed by atoms with Crippen LogP contribution in [0, 0.1) is 10.1 Å². The van der Waals surface area contributed by atoms with Crippen LogP contribution >= 0.6 is 0 Å². The van der Waals surface area contributed by atoms with Crippen molar-refractivity contribution in [1.82, 2.24) is 10.2 Å². The zero-order valence-corrected chi connectivity index (χ0v) is 27.4. The maximum atomic E-state index is 13.9. The average Bonchev–Trinajstić information content (AvgIpc) is 2.99. The molecular formula is C31H41N3O11S. The van der Waals surface area contributed by atoms with Crippen LogP contribution in [-0.2, 0) is 30.6 Å². The lowest BCUT2D eigenvalue weighted by molar-refractivity contribution is -0.479. The molecule has 15 heteroatoms. The Labute approximate surface area is 268 Å². The molecule has 0 aromatic heterocycles. The van der Waals surface area contributed by atoms with Crippen LogP contribution in [0.3, 0.4) is 0 Å². The van der Waals surface area contributed by atoms with Gasteiger partial charge in [0.25, 0.3) is 0 Å². The summed E-state index contributed by atoms with van der Waals surface area (Å²) in [4.78, 5) is 50.5. The Hall–Kier alpha value is -4.40. The lowest BCUT2D eigenvalue weighted by Gasteiger charge is -2.41. The van der Waals surface area contributed by atoms with Crippen LogP contribution in [-0.4, -0.2) is 97.3 Å². The van der Waals surface area contributed by atoms with Gasteiger partial charge in [-0.2, -0.15) is 0 Å². The molecule has 2 atom stereocenters. The highest BCUT2D eigenvalue weighted by atomic mass is 32.2. The van der Waals surface area contributed by atoms with E-state index in [-0.39, 0.29) is 32.2 Å². The molecule has 0 radical (unpaired) electrons. The molecule has 1 unspecified atom stereocenters. The molecule has 2 aromatic carbocycles. The molecule has 252 valence electrons. The number of methoxy groups -OCH3 is 2. The number of amides is 2. The molecule has 2 N–H and O–H groups in total. The molecule has 2 aromatic rings. The summed E-state index contributed by atoms with van der Waals surface area (Å²) in [5.41, 5.74) is 1.06. The van der Waals surface area contributed by atoms with Gasteiger partial charge in [0.15, 0.2) is 14.6 Å². The number of hydrogen-bond acceptors (Lipinski definition) is 10. The van der Waals surface area contributed by atoms with Crippen LogP contribution in [0.1, 0.15) is 45.6 Å². The first-order chi connectivity index (χ1) is 21.5. The topological polar surface area (TPSA) is 192 Å². The van der Waals surface area contributed by atoms with Gasteiger partial charge in [-0.15, -0.1) is 0 Å². The number of carboxylic acid groups (broad SMARTS) is 1. The number of nitrogens with zero attached hydrogens (tertiary/aromatic N) is 2. The number of likely N-dealkylation sites (tertiary alicyclic amines) is 1. The number of ether oxygens (including phenoxy) is 3. The van der Waals surface area contributed by atoms with Gasteiger partial charge in [0.05, 0.1) is 32.1 Å². The summed E-state index contributed by atoms with van der Waals surface area (Å²) in [6, 6.07) is 10.7. The van der Waals surface area contributed by atoms with E-state index in [1.54, 1.807) is 63.2 Å². The summed E-state index contributed by atoms with van der Waals surface area (Å²) in [6.45, 7) is 3.80. The van der Waals surface area contributed by atoms with Crippen molar-refractivity contribution in [2.75, 3.05) is 39.6 Å². The zero-order chi connectivity index (χ0) is 34.3. The number of nitrogens with one attached hydrogen (secondary N) is 1. The number of aliphatic carboxylic acids is 1. The molecule has 46 heavy (non-hydrogen) atoms. The number of hydrogen-bond donors (Lipinski definition) is 2. The van der Waals surface area contributed by atoms with Crippen molar-refractivity contribution in [3.05, 3.63) is 58.1 Å². The van der Waals surface area contributed by atoms with Gasteiger partial charge < -0.3 is 29.5 Å². The summed E-state index contributed by atoms with van der Waals surface area (Å²) in [5, 5.41) is 23.3. The summed E-state index contributed by atoms with van der Waals surface area (Å²) in [5.74, 6) is -2.05. The number of nitro groups is 1. The van der Waals surface area contributed by atoms with Gasteiger partial charge in [-0.1, -0.05) is 30.3 Å². The average molecular weight is 664 g/mol. The third-order valence-electron chi connectivity index (χ3n) is 7.58. The minimum Gasteiger partial charge on any atom is -0.496 e. The highest BCUT2D eigenvalue weighted by Gasteiger charge is 2.54. The molecule has 1 fully saturated rings. The second kappa shape index (κ2) is 14.8. The molecule has 0 saturated carbocycles. The summed E-state index contributed by atoms with van der Waals surface area (Å²) in [6.07, 6.45) is -1.47. The minimum absolute atomic E-state index is 0.104. The number of carbonyl (C=O) groups is 3. The summed E-state index contributed by atoms with van der Waals surface area (Å²) in [7, 11) is -1.37. The van der Waals surface area contributed by atoms with Crippen LogP contribution in [0.2, 0.25) is 0 Å². The number of rotatable bonds is 13. The Morgan fingerprint density at radius 2 is 1.70 bits per heavy atom. The molecule has 0 spiro atoms. The molecule has 1 saturated heterocycles. The van der Waals surface area contributed by atoms with E-state index in [2.05, 4.69) is 5.32 Å². The molecule has 1 aliphatic heterocycles. The van der Waals surface area contributed by atoms with Crippen molar-refractivity contribution in [2.45, 2.75) is 62.8 Å². The van der Waals surface area contributed by atoms with Crippen LogP contribution < -0.4 is 14.8 Å². The first kappa shape index (κ1) is 36.1. The van der Waals surface area contributed by atoms with Crippen molar-refractivity contribution in [3.8, 4) is 22.6 Å². The second-order valence-electron chi connectivity index (χ2n) is 12.0. The van der Waals surface area contributed by atoms with E-state index in [9.17, 15) is 38.0 Å². The zero-order valence-electron chi connectivity index (χ0n) is 26.6. The molecule has 0 aliphatic carbocycles. The second-order valence-corrected chi connectivity index (χ2v) is 14.5. The molecule has 14 nitrogen and oxygen atoms in total. The number of benzene rings is 2. The van der Waals surface area contributed by atoms with E-state index >= 15 is 0 Å². The Balaban J connectivity index is 1.91. The maximum absolute atomic E-state index is 13.9. The fourth-order valence-corrected chi connectivity index (χ4v) is 7.38. The first-order valence-corrected chi connectivity index (χ1v) is 16.3. The predicted molar refractivity (Wildman–Crippen MR) is 168 cm³/mol. The lowest BCUT2D eigenvalue weighted by Crippen LogP contribution is -2.64. The summed E-state index contributed by atoms with van der Waals surface area (Å²) >= 11 is 0. The monoisotopic (exact) mass is 663 g/mol. The van der Waals surface area contributed by atoms with Gasteiger partial charge in [-0.3, -0.25) is 14.9 Å². The van der Waals surface area contributed by atoms with Crippen LogP contribution in [0.5, 0.6) is 11.5 Å². The predicted octanol–water partition coefficient (Wildman–Crippen LogP) is 3.33. The molecule has 1 heterocycles. The van der Waals surface area contributed by atoms with Crippen molar-refractivity contribution in [3.63, 3.8) is 0 Å². The minimum atomic E-state index is -4.43. The Kier molecular flexibility index (Phi) is 11.6. The third kappa shape index (κ3) is 8.65. The Bertz CT molecular complexity index is 1520. The third-order valence-corrected chi connectivity index (χ3v) is 10.1. The van der Waals surface area contributed by atoms with Gasteiger partial charge in [0.1, 0.15) is 23.1 Å². The lowest BCUT2D eigenvalue weighted by atomic mass is 9.94. The van der Waals surface area contributed by atoms with Crippen LogP contribution in [0.4, 0.5) is 4.79 Å². The Morgan fingerprint density at radius 1 is 1.09 bits per heavy atom. The van der Waals surface area contributed by atoms with E-state index in [0.717, 1.165) is 10.5 Å². The van der Waals surface area contributed by atoms with Crippen molar-refractivity contribution in [1.29, 1.82) is 0 Å². The largest absolute Gasteiger partial charge is 0.496 e. The van der Waals surface area contributed by atoms with E-state index < -0.39 is 68.0 Å². The van der Waals surface area contributed by atoms with Crippen LogP contribution in [0.25, 0.3) is 11.1 Å². The fourth-order valence-electron chi connectivity index (χ4n) is 5.33. The van der Waals surface area contributed by atoms with Gasteiger partial charge in [0.2, 0.25) is 12.5 Å². The van der Waals surface area contributed by atoms with Crippen LogP contribution in [0.15, 0.2) is 42.5 Å². The highest BCUT2D eigenvalue weighted by molar-refractivity contribution is 7.93. The SMILES string of the molecule is COc1cccc(OC)c1-c1ccc(C[C@H](NC(=O)C2(S(=O)(=O)CCC[N+](=O)[O-])CCCN(C(=O)OC(C)(C)C)C2)C(=O)O)cc1. The molecule has 3 rings (SSSR count). The van der Waals surface area contributed by atoms with Gasteiger partial charge in [-0.05, 0) is 56.9 Å². The van der Waals surface area contributed by atoms with Crippen molar-refractivity contribution >= 4 is 27.8 Å². The number of piperidine rings is 1. The van der Waals surface area contributed by atoms with E-state index in [0.29, 0.717) is 22.6 Å². The number of carboxylic acids is 1. The molecule has 2 amide bonds. The normalized spacial score (nSPS) is 17.5. The molecule has 1 aliphatic rings. The highest BCUT2D eigenvalue weighted by Crippen LogP contribution is 2.38. The standard InChI is InChI=1S/C31H41N3O11S/c1-30(2,3)45-29(38)33-16-7-15-31(20-33,46(41,42)18-8-17-34(39)40)28(37)32-23(27(35)36)19-21-11-13-22(14-12-21)26-24(43-4)9-6-10-25(26)44-5/h6,9-14,23H,7-8,15-20H2,1-5H3,(H,32,37)(H,35,36)/t23-,31?/m0/s1.